The van der Waals surface area contributed by atoms with E-state index in [1.165, 1.54) is 0 Å². The van der Waals surface area contributed by atoms with Gasteiger partial charge in [-0.15, -0.1) is 15.3 Å². The molecule has 0 aliphatic rings. The van der Waals surface area contributed by atoms with E-state index in [2.05, 4.69) is 31.0 Å². The van der Waals surface area contributed by atoms with Gasteiger partial charge >= 0.3 is 6.18 Å². The fraction of sp³-hybridized carbons (Fsp3) is 0.259. The van der Waals surface area contributed by atoms with Gasteiger partial charge in [-0.1, -0.05) is 41.7 Å². The number of aromatic nitrogens is 4. The summed E-state index contributed by atoms with van der Waals surface area (Å²) >= 11 is 1.16. The Morgan fingerprint density at radius 1 is 0.775 bits per heavy atom. The van der Waals surface area contributed by atoms with Gasteiger partial charge in [0.15, 0.2) is 5.82 Å². The Hall–Kier alpha value is -4.26. The Morgan fingerprint density at radius 3 is 2.23 bits per heavy atom. The number of hydrogen-bond acceptors (Lipinski definition) is 7. The first-order valence-corrected chi connectivity index (χ1v) is 13.1. The maximum atomic E-state index is 13.6. The van der Waals surface area contributed by atoms with Crippen LogP contribution < -0.4 is 10.6 Å². The Bertz CT molecular complexity index is 1450. The second-order valence-electron chi connectivity index (χ2n) is 8.90. The fourth-order valence-corrected chi connectivity index (χ4v) is 4.58. The molecule has 0 aliphatic carbocycles. The summed E-state index contributed by atoms with van der Waals surface area (Å²) in [5.41, 5.74) is 0.430. The molecule has 2 amide bonds. The number of carbonyl (C=O) groups is 2. The van der Waals surface area contributed by atoms with E-state index in [0.717, 1.165) is 47.6 Å². The second kappa shape index (κ2) is 13.2. The highest BCUT2D eigenvalue weighted by Gasteiger charge is 2.31. The Kier molecular flexibility index (Phi) is 9.48. The molecule has 0 atom stereocenters. The zero-order chi connectivity index (χ0) is 28.5. The molecule has 0 radical (unpaired) electrons. The lowest BCUT2D eigenvalue weighted by atomic mass is 10.1. The molecular weight excluding hydrogens is 548 g/mol. The van der Waals surface area contributed by atoms with Gasteiger partial charge in [-0.2, -0.15) is 18.3 Å². The van der Waals surface area contributed by atoms with Gasteiger partial charge in [0.05, 0.1) is 24.1 Å². The fourth-order valence-electron chi connectivity index (χ4n) is 3.78. The van der Waals surface area contributed by atoms with Crippen LogP contribution in [0.15, 0.2) is 60.7 Å². The van der Waals surface area contributed by atoms with Gasteiger partial charge in [0.1, 0.15) is 10.8 Å². The van der Waals surface area contributed by atoms with Crippen LogP contribution in [0.2, 0.25) is 0 Å². The van der Waals surface area contributed by atoms with E-state index in [9.17, 15) is 27.2 Å². The first kappa shape index (κ1) is 28.7. The largest absolute Gasteiger partial charge is 0.416 e. The maximum absolute atomic E-state index is 13.6. The van der Waals surface area contributed by atoms with E-state index >= 15 is 0 Å². The number of rotatable bonds is 11. The van der Waals surface area contributed by atoms with Crippen LogP contribution in [-0.2, 0) is 41.4 Å². The van der Waals surface area contributed by atoms with Gasteiger partial charge in [0.25, 0.3) is 0 Å². The number of halogens is 4. The lowest BCUT2D eigenvalue weighted by Gasteiger charge is -2.09. The molecular formula is C27H24F4N6O2S. The van der Waals surface area contributed by atoms with Crippen LogP contribution in [0.25, 0.3) is 0 Å². The summed E-state index contributed by atoms with van der Waals surface area (Å²) in [6.45, 7) is 0. The molecule has 0 fully saturated rings. The lowest BCUT2D eigenvalue weighted by Crippen LogP contribution is -2.15. The van der Waals surface area contributed by atoms with Crippen molar-refractivity contribution in [2.24, 2.45) is 0 Å². The molecule has 40 heavy (non-hydrogen) atoms. The van der Waals surface area contributed by atoms with Crippen molar-refractivity contribution in [3.63, 3.8) is 0 Å². The summed E-state index contributed by atoms with van der Waals surface area (Å²) in [6.07, 6.45) is -2.07. The van der Waals surface area contributed by atoms with Crippen LogP contribution >= 0.6 is 11.3 Å². The van der Waals surface area contributed by atoms with Gasteiger partial charge in [0.2, 0.25) is 16.9 Å². The van der Waals surface area contributed by atoms with Gasteiger partial charge < -0.3 is 10.6 Å². The summed E-state index contributed by atoms with van der Waals surface area (Å²) in [4.78, 5) is 24.4. The first-order valence-electron chi connectivity index (χ1n) is 12.3. The Balaban J connectivity index is 1.17. The van der Waals surface area contributed by atoms with E-state index < -0.39 is 29.9 Å². The molecule has 0 spiro atoms. The van der Waals surface area contributed by atoms with Crippen molar-refractivity contribution in [2.45, 2.75) is 44.7 Å². The minimum Gasteiger partial charge on any atom is -0.309 e. The molecule has 4 rings (SSSR count). The lowest BCUT2D eigenvalue weighted by molar-refractivity contribution is -0.138. The highest BCUT2D eigenvalue weighted by molar-refractivity contribution is 7.15. The number of hydrogen-bond donors (Lipinski definition) is 2. The third-order valence-corrected chi connectivity index (χ3v) is 6.53. The molecule has 0 aliphatic heterocycles. The normalized spacial score (nSPS) is 11.3. The first-order chi connectivity index (χ1) is 19.1. The third kappa shape index (κ3) is 8.90. The molecule has 0 unspecified atom stereocenters. The topological polar surface area (TPSA) is 110 Å². The molecule has 2 N–H and O–H groups in total. The SMILES string of the molecule is O=C(Cc1ccccc1)Nc1ccc(CCCCc2nnc(NC(=O)Cc3cc(F)cc(C(F)(F)F)c3)s2)nn1. The number of carbonyl (C=O) groups excluding carboxylic acids is 2. The average Bonchev–Trinajstić information content (AvgIpc) is 3.34. The number of amides is 2. The molecule has 2 heterocycles. The molecule has 4 aromatic rings. The number of anilines is 2. The third-order valence-electron chi connectivity index (χ3n) is 5.63. The number of benzene rings is 2. The van der Waals surface area contributed by atoms with Crippen molar-refractivity contribution in [3.8, 4) is 0 Å². The van der Waals surface area contributed by atoms with Crippen molar-refractivity contribution in [1.82, 2.24) is 20.4 Å². The molecule has 0 saturated carbocycles. The maximum Gasteiger partial charge on any atom is 0.416 e. The van der Waals surface area contributed by atoms with Gasteiger partial charge in [-0.25, -0.2) is 4.39 Å². The van der Waals surface area contributed by atoms with E-state index in [-0.39, 0.29) is 23.0 Å². The summed E-state index contributed by atoms with van der Waals surface area (Å²) in [7, 11) is 0. The minimum absolute atomic E-state index is 0.0970. The van der Waals surface area contributed by atoms with E-state index in [0.29, 0.717) is 29.7 Å². The quantitative estimate of drug-likeness (QED) is 0.184. The number of nitrogens with zero attached hydrogens (tertiary/aromatic N) is 4. The average molecular weight is 573 g/mol. The Morgan fingerprint density at radius 2 is 1.50 bits per heavy atom. The van der Waals surface area contributed by atoms with Crippen molar-refractivity contribution in [3.05, 3.63) is 93.9 Å². The smallest absolute Gasteiger partial charge is 0.309 e. The predicted octanol–water partition coefficient (Wildman–Crippen LogP) is 5.41. The summed E-state index contributed by atoms with van der Waals surface area (Å²) < 4.78 is 52.2. The number of aryl methyl sites for hydroxylation is 2. The molecule has 2 aromatic carbocycles. The summed E-state index contributed by atoms with van der Waals surface area (Å²) in [5, 5.41) is 22.3. The minimum atomic E-state index is -4.71. The molecule has 0 saturated heterocycles. The van der Waals surface area contributed by atoms with Gasteiger partial charge in [-0.3, -0.25) is 9.59 Å². The van der Waals surface area contributed by atoms with Crippen molar-refractivity contribution < 1.29 is 27.2 Å². The number of nitrogens with one attached hydrogen (secondary N) is 2. The molecule has 208 valence electrons. The standard InChI is InChI=1S/C27H24F4N6O2S/c28-20-13-18(12-19(16-20)27(29,30)31)15-24(39)33-26-37-36-25(40-26)9-5-4-8-21-10-11-22(35-34-21)32-23(38)14-17-6-2-1-3-7-17/h1-3,6-7,10-13,16H,4-5,8-9,14-15H2,(H,32,35,38)(H,33,37,39). The highest BCUT2D eigenvalue weighted by Crippen LogP contribution is 2.30. The second-order valence-corrected chi connectivity index (χ2v) is 9.96. The molecule has 8 nitrogen and oxygen atoms in total. The number of alkyl halides is 3. The number of unbranched alkanes of at least 4 members (excludes halogenated alkanes) is 1. The molecule has 0 bridgehead atoms. The summed E-state index contributed by atoms with van der Waals surface area (Å²) in [6, 6.07) is 14.9. The van der Waals surface area contributed by atoms with Crippen LogP contribution in [0.3, 0.4) is 0 Å². The van der Waals surface area contributed by atoms with Gasteiger partial charge in [-0.05, 0) is 60.7 Å². The van der Waals surface area contributed by atoms with Crippen LogP contribution in [0.4, 0.5) is 28.5 Å². The zero-order valence-corrected chi connectivity index (χ0v) is 21.9. The van der Waals surface area contributed by atoms with Crippen LogP contribution in [0, 0.1) is 5.82 Å². The van der Waals surface area contributed by atoms with E-state index in [1.807, 2.05) is 30.3 Å². The van der Waals surface area contributed by atoms with Gasteiger partial charge in [0, 0.05) is 6.42 Å². The Labute approximate surface area is 230 Å². The van der Waals surface area contributed by atoms with Crippen molar-refractivity contribution >= 4 is 34.1 Å². The van der Waals surface area contributed by atoms with E-state index in [1.54, 1.807) is 12.1 Å². The predicted molar refractivity (Wildman–Crippen MR) is 141 cm³/mol. The van der Waals surface area contributed by atoms with Crippen LogP contribution in [0.1, 0.15) is 40.2 Å². The highest BCUT2D eigenvalue weighted by atomic mass is 32.1. The molecule has 2 aromatic heterocycles. The van der Waals surface area contributed by atoms with Crippen molar-refractivity contribution in [1.29, 1.82) is 0 Å². The summed E-state index contributed by atoms with van der Waals surface area (Å²) in [5.74, 6) is -1.49. The molecule has 13 heteroatoms. The monoisotopic (exact) mass is 572 g/mol. The zero-order valence-electron chi connectivity index (χ0n) is 21.0. The van der Waals surface area contributed by atoms with E-state index in [4.69, 9.17) is 0 Å². The van der Waals surface area contributed by atoms with Crippen LogP contribution in [0.5, 0.6) is 0 Å². The van der Waals surface area contributed by atoms with Crippen molar-refractivity contribution in [2.75, 3.05) is 10.6 Å². The van der Waals surface area contributed by atoms with Crippen LogP contribution in [-0.4, -0.2) is 32.2 Å².